The van der Waals surface area contributed by atoms with Crippen LogP contribution in [0.5, 0.6) is 0 Å². The maximum Gasteiger partial charge on any atom is 0.312 e. The highest BCUT2D eigenvalue weighted by atomic mass is 16.5. The van der Waals surface area contributed by atoms with Crippen molar-refractivity contribution in [3.05, 3.63) is 0 Å². The smallest absolute Gasteiger partial charge is 0.312 e. The second-order valence-corrected chi connectivity index (χ2v) is 4.98. The number of esters is 1. The fraction of sp³-hybridized carbons (Fsp3) is 0.929. The molecule has 0 aliphatic carbocycles. The minimum Gasteiger partial charge on any atom is -0.463 e. The van der Waals surface area contributed by atoms with Crippen LogP contribution in [0.4, 0.5) is 0 Å². The third-order valence-electron chi connectivity index (χ3n) is 2.96. The molecule has 0 saturated heterocycles. The Morgan fingerprint density at radius 2 is 1.38 bits per heavy atom. The summed E-state index contributed by atoms with van der Waals surface area (Å²) in [5, 5.41) is 0. The van der Waals surface area contributed by atoms with Gasteiger partial charge in [-0.1, -0.05) is 40.0 Å². The molecule has 0 atom stereocenters. The second-order valence-electron chi connectivity index (χ2n) is 4.98. The van der Waals surface area contributed by atoms with Crippen molar-refractivity contribution in [2.24, 2.45) is 5.41 Å². The molecule has 0 aromatic heterocycles. The largest absolute Gasteiger partial charge is 0.463 e. The molecule has 0 saturated carbocycles. The highest BCUT2D eigenvalue weighted by molar-refractivity contribution is 5.77. The maximum absolute atomic E-state index is 12.2. The minimum absolute atomic E-state index is 0.00237. The molecule has 0 aliphatic heterocycles. The lowest BCUT2D eigenvalue weighted by Crippen LogP contribution is -2.34. The molecule has 0 N–H and O–H groups in total. The average Bonchev–Trinajstić information content (AvgIpc) is 2.17. The molecule has 0 aromatic carbocycles. The van der Waals surface area contributed by atoms with Crippen molar-refractivity contribution in [1.29, 1.82) is 0 Å². The van der Waals surface area contributed by atoms with Gasteiger partial charge in [0, 0.05) is 0 Å². The zero-order chi connectivity index (χ0) is 12.6. The molecule has 16 heavy (non-hydrogen) atoms. The van der Waals surface area contributed by atoms with Crippen LogP contribution in [-0.2, 0) is 9.53 Å². The van der Waals surface area contributed by atoms with Gasteiger partial charge in [-0.05, 0) is 33.1 Å². The van der Waals surface area contributed by atoms with Crippen LogP contribution in [-0.4, -0.2) is 12.1 Å². The Morgan fingerprint density at radius 1 is 1.00 bits per heavy atom. The van der Waals surface area contributed by atoms with Gasteiger partial charge in [-0.25, -0.2) is 0 Å². The van der Waals surface area contributed by atoms with E-state index in [0.29, 0.717) is 0 Å². The van der Waals surface area contributed by atoms with Gasteiger partial charge in [0.1, 0.15) is 0 Å². The number of ether oxygens (including phenoxy) is 1. The maximum atomic E-state index is 12.2. The van der Waals surface area contributed by atoms with Crippen molar-refractivity contribution in [2.75, 3.05) is 0 Å². The number of hydrogen-bond acceptors (Lipinski definition) is 2. The average molecular weight is 228 g/mol. The predicted molar refractivity (Wildman–Crippen MR) is 68.4 cm³/mol. The van der Waals surface area contributed by atoms with Gasteiger partial charge >= 0.3 is 5.97 Å². The van der Waals surface area contributed by atoms with Gasteiger partial charge in [-0.2, -0.15) is 0 Å². The Bertz CT molecular complexity index is 180. The van der Waals surface area contributed by atoms with E-state index in [1.807, 2.05) is 13.8 Å². The zero-order valence-electron chi connectivity index (χ0n) is 11.6. The Labute approximate surface area is 101 Å². The molecule has 0 radical (unpaired) electrons. The van der Waals surface area contributed by atoms with Gasteiger partial charge in [-0.3, -0.25) is 4.79 Å². The first kappa shape index (κ1) is 15.5. The molecule has 2 heteroatoms. The number of hydrogen-bond donors (Lipinski definition) is 0. The lowest BCUT2D eigenvalue weighted by atomic mass is 9.75. The summed E-state index contributed by atoms with van der Waals surface area (Å²) in [5.74, 6) is 0.0213. The molecule has 0 rings (SSSR count). The van der Waals surface area contributed by atoms with Crippen molar-refractivity contribution >= 4 is 5.97 Å². The molecule has 2 nitrogen and oxygen atoms in total. The fourth-order valence-corrected chi connectivity index (χ4v) is 2.46. The third-order valence-corrected chi connectivity index (χ3v) is 2.96. The minimum atomic E-state index is -0.220. The highest BCUT2D eigenvalue weighted by Gasteiger charge is 2.37. The first-order valence-electron chi connectivity index (χ1n) is 6.73. The first-order chi connectivity index (χ1) is 7.52. The molecule has 0 spiro atoms. The lowest BCUT2D eigenvalue weighted by molar-refractivity contribution is -0.161. The topological polar surface area (TPSA) is 26.3 Å². The van der Waals surface area contributed by atoms with Crippen molar-refractivity contribution in [1.82, 2.24) is 0 Å². The Balaban J connectivity index is 4.75. The summed E-state index contributed by atoms with van der Waals surface area (Å²) in [4.78, 5) is 12.2. The molecule has 0 fully saturated rings. The number of carbonyl (C=O) groups is 1. The van der Waals surface area contributed by atoms with Crippen molar-refractivity contribution in [3.63, 3.8) is 0 Å². The van der Waals surface area contributed by atoms with Gasteiger partial charge in [0.05, 0.1) is 11.5 Å². The molecule has 0 unspecified atom stereocenters. The van der Waals surface area contributed by atoms with Gasteiger partial charge in [0.25, 0.3) is 0 Å². The summed E-state index contributed by atoms with van der Waals surface area (Å²) in [6, 6.07) is 0. The van der Waals surface area contributed by atoms with Crippen LogP contribution in [0.1, 0.15) is 73.1 Å². The summed E-state index contributed by atoms with van der Waals surface area (Å²) in [7, 11) is 0. The van der Waals surface area contributed by atoms with Crippen LogP contribution < -0.4 is 0 Å². The van der Waals surface area contributed by atoms with E-state index in [9.17, 15) is 4.79 Å². The van der Waals surface area contributed by atoms with E-state index >= 15 is 0 Å². The van der Waals surface area contributed by atoms with Gasteiger partial charge in [0.15, 0.2) is 0 Å². The molecule has 0 amide bonds. The van der Waals surface area contributed by atoms with Crippen LogP contribution in [0.2, 0.25) is 0 Å². The number of rotatable bonds is 8. The van der Waals surface area contributed by atoms with Crippen LogP contribution in [0.3, 0.4) is 0 Å². The summed E-state index contributed by atoms with van der Waals surface area (Å²) in [6.45, 7) is 10.3. The van der Waals surface area contributed by atoms with Crippen LogP contribution in [0, 0.1) is 5.41 Å². The standard InChI is InChI=1S/C14H28O2/c1-6-9-14(10-7-2,11-8-3)13(15)16-12(4)5/h12H,6-11H2,1-5H3. The normalized spacial score (nSPS) is 11.9. The van der Waals surface area contributed by atoms with E-state index in [1.165, 1.54) is 0 Å². The molecule has 0 aromatic rings. The van der Waals surface area contributed by atoms with E-state index < -0.39 is 0 Å². The Kier molecular flexibility index (Phi) is 7.44. The van der Waals surface area contributed by atoms with Crippen molar-refractivity contribution in [3.8, 4) is 0 Å². The van der Waals surface area contributed by atoms with Crippen LogP contribution >= 0.6 is 0 Å². The van der Waals surface area contributed by atoms with Crippen molar-refractivity contribution < 1.29 is 9.53 Å². The molecular weight excluding hydrogens is 200 g/mol. The van der Waals surface area contributed by atoms with E-state index in [-0.39, 0.29) is 17.5 Å². The second kappa shape index (κ2) is 7.70. The zero-order valence-corrected chi connectivity index (χ0v) is 11.6. The van der Waals surface area contributed by atoms with E-state index in [2.05, 4.69) is 20.8 Å². The van der Waals surface area contributed by atoms with Crippen LogP contribution in [0.15, 0.2) is 0 Å². The SMILES string of the molecule is CCCC(CCC)(CCC)C(=O)OC(C)C. The summed E-state index contributed by atoms with van der Waals surface area (Å²) in [5.41, 5.74) is -0.220. The van der Waals surface area contributed by atoms with E-state index in [1.54, 1.807) is 0 Å². The quantitative estimate of drug-likeness (QED) is 0.578. The summed E-state index contributed by atoms with van der Waals surface area (Å²) < 4.78 is 5.43. The lowest BCUT2D eigenvalue weighted by Gasteiger charge is -2.31. The molecular formula is C14H28O2. The van der Waals surface area contributed by atoms with Gasteiger partial charge < -0.3 is 4.74 Å². The number of carbonyl (C=O) groups excluding carboxylic acids is 1. The van der Waals surface area contributed by atoms with E-state index in [0.717, 1.165) is 38.5 Å². The van der Waals surface area contributed by atoms with Crippen molar-refractivity contribution in [2.45, 2.75) is 79.2 Å². The summed E-state index contributed by atoms with van der Waals surface area (Å²) in [6.07, 6.45) is 6.02. The fourth-order valence-electron chi connectivity index (χ4n) is 2.46. The van der Waals surface area contributed by atoms with E-state index in [4.69, 9.17) is 4.74 Å². The van der Waals surface area contributed by atoms with Gasteiger partial charge in [0.2, 0.25) is 0 Å². The highest BCUT2D eigenvalue weighted by Crippen LogP contribution is 2.36. The predicted octanol–water partition coefficient (Wildman–Crippen LogP) is 4.32. The van der Waals surface area contributed by atoms with Gasteiger partial charge in [-0.15, -0.1) is 0 Å². The monoisotopic (exact) mass is 228 g/mol. The summed E-state index contributed by atoms with van der Waals surface area (Å²) >= 11 is 0. The third kappa shape index (κ3) is 4.54. The first-order valence-corrected chi connectivity index (χ1v) is 6.73. The molecule has 0 aliphatic rings. The van der Waals surface area contributed by atoms with Crippen LogP contribution in [0.25, 0.3) is 0 Å². The Morgan fingerprint density at radius 3 is 1.62 bits per heavy atom. The molecule has 96 valence electrons. The molecule has 0 bridgehead atoms. The Hall–Kier alpha value is -0.530. The molecule has 0 heterocycles.